The van der Waals surface area contributed by atoms with E-state index >= 15 is 0 Å². The molecule has 0 saturated heterocycles. The van der Waals surface area contributed by atoms with Gasteiger partial charge in [-0.05, 0) is 30.9 Å². The number of hydrogen-bond donors (Lipinski definition) is 2. The van der Waals surface area contributed by atoms with Crippen molar-refractivity contribution in [1.29, 1.82) is 0 Å². The summed E-state index contributed by atoms with van der Waals surface area (Å²) in [4.78, 5) is 8.60. The van der Waals surface area contributed by atoms with Crippen LogP contribution in [0.3, 0.4) is 0 Å². The van der Waals surface area contributed by atoms with Crippen LogP contribution in [0.25, 0.3) is 10.9 Å². The first kappa shape index (κ1) is 13.7. The molecule has 0 unspecified atom stereocenters. The fraction of sp³-hybridized carbons (Fsp3) is 0.467. The summed E-state index contributed by atoms with van der Waals surface area (Å²) in [6.07, 6.45) is 2.35. The van der Waals surface area contributed by atoms with Crippen LogP contribution in [-0.2, 0) is 0 Å². The third kappa shape index (κ3) is 3.41. The van der Waals surface area contributed by atoms with Crippen molar-refractivity contribution in [3.05, 3.63) is 30.1 Å². The molecule has 19 heavy (non-hydrogen) atoms. The standard InChI is InChI=1S/C15H21N3O/c1-11-4-5-13-12(8-11)14(18-10-17-13)16-9-15(2,3)6-7-19/h4-5,8,10,19H,6-7,9H2,1-3H3,(H,16,17,18). The van der Waals surface area contributed by atoms with E-state index in [1.807, 2.05) is 6.07 Å². The maximum Gasteiger partial charge on any atom is 0.137 e. The zero-order valence-electron chi connectivity index (χ0n) is 11.8. The van der Waals surface area contributed by atoms with Crippen molar-refractivity contribution in [2.45, 2.75) is 27.2 Å². The molecule has 0 spiro atoms. The summed E-state index contributed by atoms with van der Waals surface area (Å²) < 4.78 is 0. The van der Waals surface area contributed by atoms with Gasteiger partial charge in [-0.2, -0.15) is 0 Å². The van der Waals surface area contributed by atoms with Crippen LogP contribution in [0.4, 0.5) is 5.82 Å². The fourth-order valence-corrected chi connectivity index (χ4v) is 2.03. The van der Waals surface area contributed by atoms with Crippen molar-refractivity contribution >= 4 is 16.7 Å². The third-order valence-corrected chi connectivity index (χ3v) is 3.31. The summed E-state index contributed by atoms with van der Waals surface area (Å²) in [6.45, 7) is 7.30. The number of aliphatic hydroxyl groups is 1. The van der Waals surface area contributed by atoms with Crippen LogP contribution in [0.15, 0.2) is 24.5 Å². The van der Waals surface area contributed by atoms with Gasteiger partial charge in [-0.25, -0.2) is 9.97 Å². The van der Waals surface area contributed by atoms with Gasteiger partial charge in [0, 0.05) is 18.5 Å². The van der Waals surface area contributed by atoms with Crippen molar-refractivity contribution in [2.24, 2.45) is 5.41 Å². The van der Waals surface area contributed by atoms with Crippen LogP contribution in [0.5, 0.6) is 0 Å². The van der Waals surface area contributed by atoms with E-state index in [0.717, 1.165) is 29.7 Å². The number of nitrogens with one attached hydrogen (secondary N) is 1. The number of rotatable bonds is 5. The van der Waals surface area contributed by atoms with Crippen molar-refractivity contribution in [3.8, 4) is 0 Å². The number of hydrogen-bond acceptors (Lipinski definition) is 4. The van der Waals surface area contributed by atoms with E-state index in [4.69, 9.17) is 5.11 Å². The molecule has 0 radical (unpaired) electrons. The Morgan fingerprint density at radius 3 is 2.79 bits per heavy atom. The van der Waals surface area contributed by atoms with E-state index in [1.54, 1.807) is 6.33 Å². The molecule has 0 aliphatic rings. The minimum absolute atomic E-state index is 0.0375. The van der Waals surface area contributed by atoms with E-state index in [-0.39, 0.29) is 12.0 Å². The Morgan fingerprint density at radius 1 is 1.26 bits per heavy atom. The maximum atomic E-state index is 9.05. The van der Waals surface area contributed by atoms with Gasteiger partial charge in [0.05, 0.1) is 5.52 Å². The Morgan fingerprint density at radius 2 is 2.05 bits per heavy atom. The fourth-order valence-electron chi connectivity index (χ4n) is 2.03. The first-order chi connectivity index (χ1) is 9.02. The van der Waals surface area contributed by atoms with E-state index in [1.165, 1.54) is 5.56 Å². The summed E-state index contributed by atoms with van der Waals surface area (Å²) in [5.41, 5.74) is 2.18. The zero-order valence-corrected chi connectivity index (χ0v) is 11.8. The Hall–Kier alpha value is -1.68. The number of nitrogens with zero attached hydrogens (tertiary/aromatic N) is 2. The van der Waals surface area contributed by atoms with Crippen LogP contribution in [-0.4, -0.2) is 28.2 Å². The molecule has 4 heteroatoms. The molecule has 1 heterocycles. The van der Waals surface area contributed by atoms with E-state index in [0.29, 0.717) is 0 Å². The minimum atomic E-state index is 0.0375. The van der Waals surface area contributed by atoms with Crippen LogP contribution in [0.1, 0.15) is 25.8 Å². The number of benzene rings is 1. The molecular weight excluding hydrogens is 238 g/mol. The molecule has 2 N–H and O–H groups in total. The monoisotopic (exact) mass is 259 g/mol. The topological polar surface area (TPSA) is 58.0 Å². The van der Waals surface area contributed by atoms with Gasteiger partial charge in [-0.15, -0.1) is 0 Å². The number of aliphatic hydroxyl groups excluding tert-OH is 1. The lowest BCUT2D eigenvalue weighted by Crippen LogP contribution is -2.24. The second kappa shape index (κ2) is 5.53. The molecular formula is C15H21N3O. The number of anilines is 1. The first-order valence-electron chi connectivity index (χ1n) is 6.58. The lowest BCUT2D eigenvalue weighted by atomic mass is 9.90. The van der Waals surface area contributed by atoms with Gasteiger partial charge in [-0.3, -0.25) is 0 Å². The molecule has 0 atom stereocenters. The van der Waals surface area contributed by atoms with Crippen molar-refractivity contribution in [2.75, 3.05) is 18.5 Å². The molecule has 0 bridgehead atoms. The van der Waals surface area contributed by atoms with Gasteiger partial charge in [-0.1, -0.05) is 25.5 Å². The van der Waals surface area contributed by atoms with Gasteiger partial charge >= 0.3 is 0 Å². The Bertz CT molecular complexity index is 566. The number of fused-ring (bicyclic) bond motifs is 1. The van der Waals surface area contributed by atoms with Crippen molar-refractivity contribution < 1.29 is 5.11 Å². The molecule has 0 aliphatic heterocycles. The molecule has 2 aromatic rings. The number of aromatic nitrogens is 2. The highest BCUT2D eigenvalue weighted by Crippen LogP contribution is 2.24. The average Bonchev–Trinajstić information content (AvgIpc) is 2.36. The maximum absolute atomic E-state index is 9.05. The molecule has 0 amide bonds. The summed E-state index contributed by atoms with van der Waals surface area (Å²) in [6, 6.07) is 6.15. The second-order valence-corrected chi connectivity index (χ2v) is 5.73. The highest BCUT2D eigenvalue weighted by atomic mass is 16.3. The number of aryl methyl sites for hydroxylation is 1. The smallest absolute Gasteiger partial charge is 0.137 e. The van der Waals surface area contributed by atoms with Crippen molar-refractivity contribution in [1.82, 2.24) is 9.97 Å². The molecule has 0 aliphatic carbocycles. The molecule has 1 aromatic heterocycles. The molecule has 0 fully saturated rings. The summed E-state index contributed by atoms with van der Waals surface area (Å²) in [7, 11) is 0. The average molecular weight is 259 g/mol. The third-order valence-electron chi connectivity index (χ3n) is 3.31. The van der Waals surface area contributed by atoms with Gasteiger partial charge < -0.3 is 10.4 Å². The van der Waals surface area contributed by atoms with Crippen LogP contribution >= 0.6 is 0 Å². The summed E-state index contributed by atoms with van der Waals surface area (Å²) in [5.74, 6) is 0.861. The Labute approximate surface area is 113 Å². The van der Waals surface area contributed by atoms with E-state index in [9.17, 15) is 0 Å². The molecule has 0 saturated carbocycles. The SMILES string of the molecule is Cc1ccc2ncnc(NCC(C)(C)CCO)c2c1. The van der Waals surface area contributed by atoms with Gasteiger partial charge in [0.15, 0.2) is 0 Å². The van der Waals surface area contributed by atoms with Gasteiger partial charge in [0.1, 0.15) is 12.1 Å². The van der Waals surface area contributed by atoms with Gasteiger partial charge in [0.2, 0.25) is 0 Å². The molecule has 1 aromatic carbocycles. The lowest BCUT2D eigenvalue weighted by Gasteiger charge is -2.24. The van der Waals surface area contributed by atoms with E-state index in [2.05, 4.69) is 48.2 Å². The predicted octanol–water partition coefficient (Wildman–Crippen LogP) is 2.76. The molecule has 102 valence electrons. The Kier molecular flexibility index (Phi) is 4.00. The summed E-state index contributed by atoms with van der Waals surface area (Å²) >= 11 is 0. The zero-order chi connectivity index (χ0) is 13.9. The quantitative estimate of drug-likeness (QED) is 0.867. The van der Waals surface area contributed by atoms with Crippen LogP contribution in [0.2, 0.25) is 0 Å². The second-order valence-electron chi connectivity index (χ2n) is 5.73. The van der Waals surface area contributed by atoms with Crippen molar-refractivity contribution in [3.63, 3.8) is 0 Å². The first-order valence-corrected chi connectivity index (χ1v) is 6.58. The Balaban J connectivity index is 2.23. The van der Waals surface area contributed by atoms with Crippen LogP contribution < -0.4 is 5.32 Å². The highest BCUT2D eigenvalue weighted by molar-refractivity contribution is 5.89. The lowest BCUT2D eigenvalue weighted by molar-refractivity contribution is 0.220. The summed E-state index contributed by atoms with van der Waals surface area (Å²) in [5, 5.41) is 13.5. The normalized spacial score (nSPS) is 11.8. The highest BCUT2D eigenvalue weighted by Gasteiger charge is 2.17. The largest absolute Gasteiger partial charge is 0.396 e. The molecule has 2 rings (SSSR count). The minimum Gasteiger partial charge on any atom is -0.396 e. The van der Waals surface area contributed by atoms with Crippen LogP contribution in [0, 0.1) is 12.3 Å². The van der Waals surface area contributed by atoms with E-state index < -0.39 is 0 Å². The van der Waals surface area contributed by atoms with Gasteiger partial charge in [0.25, 0.3) is 0 Å². The molecule has 4 nitrogen and oxygen atoms in total. The predicted molar refractivity (Wildman–Crippen MR) is 78.2 cm³/mol.